The Morgan fingerprint density at radius 2 is 2.43 bits per heavy atom. The summed E-state index contributed by atoms with van der Waals surface area (Å²) in [6.07, 6.45) is 4.14. The third-order valence-electron chi connectivity index (χ3n) is 2.51. The number of aromatic nitrogens is 3. The molecule has 0 radical (unpaired) electrons. The molecule has 1 aromatic rings. The van der Waals surface area contributed by atoms with Crippen LogP contribution in [0, 0.1) is 0 Å². The Morgan fingerprint density at radius 3 is 2.93 bits per heavy atom. The highest BCUT2D eigenvalue weighted by atomic mass is 16.2. The Hall–Kier alpha value is -1.39. The fourth-order valence-electron chi connectivity index (χ4n) is 1.36. The monoisotopic (exact) mass is 194 g/mol. The number of amides is 1. The second kappa shape index (κ2) is 3.77. The van der Waals surface area contributed by atoms with Crippen LogP contribution in [0.25, 0.3) is 0 Å². The molecule has 0 saturated heterocycles. The number of nitrogens with zero attached hydrogens (tertiary/aromatic N) is 2. The van der Waals surface area contributed by atoms with Crippen LogP contribution < -0.4 is 5.32 Å². The van der Waals surface area contributed by atoms with E-state index in [1.165, 1.54) is 6.42 Å². The summed E-state index contributed by atoms with van der Waals surface area (Å²) in [5.74, 6) is 0.850. The van der Waals surface area contributed by atoms with Crippen LogP contribution in [-0.2, 0) is 6.42 Å². The maximum atomic E-state index is 11.5. The number of aryl methyl sites for hydroxylation is 1. The Morgan fingerprint density at radius 1 is 1.64 bits per heavy atom. The molecule has 1 aliphatic rings. The van der Waals surface area contributed by atoms with Crippen molar-refractivity contribution >= 4 is 5.91 Å². The topological polar surface area (TPSA) is 70.7 Å². The summed E-state index contributed by atoms with van der Waals surface area (Å²) in [5, 5.41) is 9.46. The Balaban J connectivity index is 1.95. The van der Waals surface area contributed by atoms with Gasteiger partial charge in [-0.05, 0) is 19.3 Å². The summed E-state index contributed by atoms with van der Waals surface area (Å²) in [6.45, 7) is 1.97. The predicted octanol–water partition coefficient (Wildman–Crippen LogP) is 0.649. The minimum atomic E-state index is -0.161. The highest BCUT2D eigenvalue weighted by Crippen LogP contribution is 2.18. The van der Waals surface area contributed by atoms with Crippen molar-refractivity contribution in [3.8, 4) is 0 Å². The molecule has 1 aliphatic carbocycles. The van der Waals surface area contributed by atoms with Gasteiger partial charge in [0.15, 0.2) is 0 Å². The number of hydrogen-bond acceptors (Lipinski definition) is 3. The average Bonchev–Trinajstić information content (AvgIpc) is 2.59. The molecule has 5 nitrogen and oxygen atoms in total. The molecule has 2 rings (SSSR count). The quantitative estimate of drug-likeness (QED) is 0.742. The number of rotatable bonds is 3. The molecule has 1 amide bonds. The smallest absolute Gasteiger partial charge is 0.291 e. The summed E-state index contributed by atoms with van der Waals surface area (Å²) in [6, 6.07) is 0.339. The molecule has 1 heterocycles. The van der Waals surface area contributed by atoms with Crippen LogP contribution >= 0.6 is 0 Å². The van der Waals surface area contributed by atoms with Gasteiger partial charge in [0.1, 0.15) is 5.82 Å². The minimum absolute atomic E-state index is 0.161. The lowest BCUT2D eigenvalue weighted by Crippen LogP contribution is -2.39. The van der Waals surface area contributed by atoms with Crippen molar-refractivity contribution in [2.24, 2.45) is 0 Å². The molecule has 1 fully saturated rings. The fourth-order valence-corrected chi connectivity index (χ4v) is 1.36. The van der Waals surface area contributed by atoms with E-state index in [1.807, 2.05) is 6.92 Å². The van der Waals surface area contributed by atoms with Gasteiger partial charge in [-0.15, -0.1) is 5.10 Å². The van der Waals surface area contributed by atoms with Gasteiger partial charge in [-0.2, -0.15) is 0 Å². The third-order valence-corrected chi connectivity index (χ3v) is 2.51. The molecule has 5 heteroatoms. The van der Waals surface area contributed by atoms with Crippen LogP contribution in [0.4, 0.5) is 0 Å². The van der Waals surface area contributed by atoms with E-state index in [0.29, 0.717) is 6.04 Å². The summed E-state index contributed by atoms with van der Waals surface area (Å²) >= 11 is 0. The largest absolute Gasteiger partial charge is 0.347 e. The van der Waals surface area contributed by atoms with E-state index < -0.39 is 0 Å². The maximum Gasteiger partial charge on any atom is 0.291 e. The van der Waals surface area contributed by atoms with Gasteiger partial charge in [-0.1, -0.05) is 6.92 Å². The summed E-state index contributed by atoms with van der Waals surface area (Å²) in [5.41, 5.74) is 0. The molecule has 76 valence electrons. The van der Waals surface area contributed by atoms with E-state index in [2.05, 4.69) is 20.5 Å². The lowest BCUT2D eigenvalue weighted by Gasteiger charge is -2.25. The van der Waals surface area contributed by atoms with Gasteiger partial charge in [-0.25, -0.2) is 4.98 Å². The van der Waals surface area contributed by atoms with Crippen molar-refractivity contribution in [3.63, 3.8) is 0 Å². The van der Waals surface area contributed by atoms with Crippen molar-refractivity contribution in [1.82, 2.24) is 20.5 Å². The second-order valence-corrected chi connectivity index (χ2v) is 3.56. The van der Waals surface area contributed by atoms with E-state index in [0.717, 1.165) is 25.1 Å². The van der Waals surface area contributed by atoms with E-state index in [-0.39, 0.29) is 11.7 Å². The number of nitrogens with one attached hydrogen (secondary N) is 2. The number of aromatic amines is 1. The number of hydrogen-bond donors (Lipinski definition) is 2. The highest BCUT2D eigenvalue weighted by Gasteiger charge is 2.21. The fraction of sp³-hybridized carbons (Fsp3) is 0.667. The first-order valence-electron chi connectivity index (χ1n) is 5.01. The molecular weight excluding hydrogens is 180 g/mol. The molecule has 1 saturated carbocycles. The average molecular weight is 194 g/mol. The van der Waals surface area contributed by atoms with Crippen molar-refractivity contribution in [2.45, 2.75) is 38.6 Å². The van der Waals surface area contributed by atoms with Crippen LogP contribution in [0.1, 0.15) is 42.6 Å². The van der Waals surface area contributed by atoms with Crippen molar-refractivity contribution in [2.75, 3.05) is 0 Å². The first kappa shape index (κ1) is 9.18. The lowest BCUT2D eigenvalue weighted by molar-refractivity contribution is 0.0906. The number of H-pyrrole nitrogens is 1. The maximum absolute atomic E-state index is 11.5. The SMILES string of the molecule is CCc1nc(C(=O)NC2CCC2)n[nH]1. The highest BCUT2D eigenvalue weighted by molar-refractivity contribution is 5.90. The van der Waals surface area contributed by atoms with Gasteiger partial charge in [0.25, 0.3) is 5.91 Å². The summed E-state index contributed by atoms with van der Waals surface area (Å²) in [4.78, 5) is 15.6. The lowest BCUT2D eigenvalue weighted by atomic mass is 9.93. The van der Waals surface area contributed by atoms with E-state index in [1.54, 1.807) is 0 Å². The Kier molecular flexibility index (Phi) is 2.47. The molecule has 14 heavy (non-hydrogen) atoms. The Bertz CT molecular complexity index is 329. The van der Waals surface area contributed by atoms with Crippen LogP contribution in [0.15, 0.2) is 0 Å². The van der Waals surface area contributed by atoms with Gasteiger partial charge in [0.05, 0.1) is 0 Å². The zero-order valence-electron chi connectivity index (χ0n) is 8.21. The van der Waals surface area contributed by atoms with Crippen LogP contribution in [-0.4, -0.2) is 27.1 Å². The van der Waals surface area contributed by atoms with Crippen LogP contribution in [0.2, 0.25) is 0 Å². The minimum Gasteiger partial charge on any atom is -0.347 e. The van der Waals surface area contributed by atoms with E-state index >= 15 is 0 Å². The van der Waals surface area contributed by atoms with Gasteiger partial charge < -0.3 is 5.32 Å². The van der Waals surface area contributed by atoms with Gasteiger partial charge >= 0.3 is 0 Å². The molecule has 0 aromatic carbocycles. The number of carbonyl (C=O) groups excluding carboxylic acids is 1. The summed E-state index contributed by atoms with van der Waals surface area (Å²) < 4.78 is 0. The zero-order chi connectivity index (χ0) is 9.97. The van der Waals surface area contributed by atoms with Gasteiger partial charge in [-0.3, -0.25) is 9.89 Å². The number of carbonyl (C=O) groups is 1. The molecule has 0 unspecified atom stereocenters. The van der Waals surface area contributed by atoms with Crippen molar-refractivity contribution < 1.29 is 4.79 Å². The molecule has 1 aromatic heterocycles. The van der Waals surface area contributed by atoms with Crippen LogP contribution in [0.5, 0.6) is 0 Å². The van der Waals surface area contributed by atoms with E-state index in [4.69, 9.17) is 0 Å². The van der Waals surface area contributed by atoms with Crippen molar-refractivity contribution in [3.05, 3.63) is 11.6 Å². The molecule has 2 N–H and O–H groups in total. The normalized spacial score (nSPS) is 16.4. The first-order chi connectivity index (χ1) is 6.79. The first-order valence-corrected chi connectivity index (χ1v) is 5.01. The van der Waals surface area contributed by atoms with Crippen LogP contribution in [0.3, 0.4) is 0 Å². The molecular formula is C9H14N4O. The third kappa shape index (κ3) is 1.76. The second-order valence-electron chi connectivity index (χ2n) is 3.56. The summed E-state index contributed by atoms with van der Waals surface area (Å²) in [7, 11) is 0. The van der Waals surface area contributed by atoms with Crippen molar-refractivity contribution in [1.29, 1.82) is 0 Å². The standard InChI is InChI=1S/C9H14N4O/c1-2-7-11-8(13-12-7)9(14)10-6-4-3-5-6/h6H,2-5H2,1H3,(H,10,14)(H,11,12,13). The van der Waals surface area contributed by atoms with Gasteiger partial charge in [0.2, 0.25) is 5.82 Å². The molecule has 0 aliphatic heterocycles. The molecule has 0 spiro atoms. The zero-order valence-corrected chi connectivity index (χ0v) is 8.21. The van der Waals surface area contributed by atoms with Gasteiger partial charge in [0, 0.05) is 12.5 Å². The molecule has 0 atom stereocenters. The van der Waals surface area contributed by atoms with E-state index in [9.17, 15) is 4.79 Å². The molecule has 0 bridgehead atoms. The predicted molar refractivity (Wildman–Crippen MR) is 50.9 cm³/mol. The Labute approximate surface area is 82.3 Å².